The van der Waals surface area contributed by atoms with Crippen LogP contribution in [0.5, 0.6) is 0 Å². The Morgan fingerprint density at radius 2 is 2.29 bits per heavy atom. The molecular weight excluding hydrogens is 248 g/mol. The van der Waals surface area contributed by atoms with E-state index in [9.17, 15) is 0 Å². The molecule has 0 N–H and O–H groups in total. The number of halogens is 1. The third-order valence-corrected chi connectivity index (χ3v) is 3.14. The predicted molar refractivity (Wildman–Crippen MR) is 52.8 cm³/mol. The minimum absolute atomic E-state index is 0.536. The van der Waals surface area contributed by atoms with E-state index in [1.54, 1.807) is 0 Å². The zero-order chi connectivity index (χ0) is 10.1. The largest absolute Gasteiger partial charge is 0.343 e. The lowest BCUT2D eigenvalue weighted by molar-refractivity contribution is 0.406. The molecule has 0 spiro atoms. The standard InChI is InChI=1S/C8H9BrN4O/c1-5-8(9)6(2)13(11-5)3-7-10-4-14-12-7/h4H,3H2,1-2H3. The first kappa shape index (κ1) is 9.39. The molecule has 6 heteroatoms. The molecule has 74 valence electrons. The Kier molecular flexibility index (Phi) is 2.37. The second kappa shape index (κ2) is 3.53. The van der Waals surface area contributed by atoms with Gasteiger partial charge in [0.25, 0.3) is 0 Å². The summed E-state index contributed by atoms with van der Waals surface area (Å²) in [6.07, 6.45) is 1.32. The predicted octanol–water partition coefficient (Wildman–Crippen LogP) is 1.69. The number of hydrogen-bond donors (Lipinski definition) is 0. The summed E-state index contributed by atoms with van der Waals surface area (Å²) >= 11 is 3.46. The van der Waals surface area contributed by atoms with Crippen LogP contribution in [0.25, 0.3) is 0 Å². The monoisotopic (exact) mass is 256 g/mol. The number of rotatable bonds is 2. The molecule has 0 saturated heterocycles. The highest BCUT2D eigenvalue weighted by molar-refractivity contribution is 9.10. The zero-order valence-corrected chi connectivity index (χ0v) is 9.45. The normalized spacial score (nSPS) is 10.8. The molecule has 0 amide bonds. The topological polar surface area (TPSA) is 56.7 Å². The summed E-state index contributed by atoms with van der Waals surface area (Å²) in [5.74, 6) is 0.628. The van der Waals surface area contributed by atoms with Crippen LogP contribution in [-0.2, 0) is 6.54 Å². The van der Waals surface area contributed by atoms with E-state index < -0.39 is 0 Å². The van der Waals surface area contributed by atoms with E-state index in [0.717, 1.165) is 15.9 Å². The molecule has 0 unspecified atom stereocenters. The third-order valence-electron chi connectivity index (χ3n) is 1.99. The molecule has 14 heavy (non-hydrogen) atoms. The van der Waals surface area contributed by atoms with Crippen LogP contribution in [0.2, 0.25) is 0 Å². The van der Waals surface area contributed by atoms with E-state index in [1.165, 1.54) is 6.39 Å². The van der Waals surface area contributed by atoms with Gasteiger partial charge >= 0.3 is 0 Å². The maximum atomic E-state index is 4.65. The first-order valence-electron chi connectivity index (χ1n) is 4.13. The average molecular weight is 257 g/mol. The van der Waals surface area contributed by atoms with Crippen molar-refractivity contribution in [1.29, 1.82) is 0 Å². The van der Waals surface area contributed by atoms with Gasteiger partial charge in [-0.25, -0.2) is 0 Å². The lowest BCUT2D eigenvalue weighted by Crippen LogP contribution is -2.05. The van der Waals surface area contributed by atoms with E-state index >= 15 is 0 Å². The zero-order valence-electron chi connectivity index (χ0n) is 7.86. The minimum Gasteiger partial charge on any atom is -0.343 e. The van der Waals surface area contributed by atoms with E-state index in [0.29, 0.717) is 12.4 Å². The van der Waals surface area contributed by atoms with Gasteiger partial charge in [-0.1, -0.05) is 5.16 Å². The fraction of sp³-hybridized carbons (Fsp3) is 0.375. The van der Waals surface area contributed by atoms with Gasteiger partial charge in [0, 0.05) is 0 Å². The lowest BCUT2D eigenvalue weighted by Gasteiger charge is -1.98. The van der Waals surface area contributed by atoms with Gasteiger partial charge in [0.05, 0.1) is 15.9 Å². The number of aromatic nitrogens is 4. The van der Waals surface area contributed by atoms with Crippen molar-refractivity contribution in [3.05, 3.63) is 28.1 Å². The van der Waals surface area contributed by atoms with Crippen LogP contribution in [0, 0.1) is 13.8 Å². The smallest absolute Gasteiger partial charge is 0.213 e. The number of aryl methyl sites for hydroxylation is 1. The third kappa shape index (κ3) is 1.57. The first-order chi connectivity index (χ1) is 6.68. The number of nitrogens with zero attached hydrogens (tertiary/aromatic N) is 4. The maximum absolute atomic E-state index is 4.65. The summed E-state index contributed by atoms with van der Waals surface area (Å²) in [5.41, 5.74) is 2.03. The van der Waals surface area contributed by atoms with Gasteiger partial charge in [-0.3, -0.25) is 4.68 Å². The van der Waals surface area contributed by atoms with Crippen molar-refractivity contribution < 1.29 is 4.52 Å². The highest BCUT2D eigenvalue weighted by Gasteiger charge is 2.10. The molecule has 0 atom stereocenters. The van der Waals surface area contributed by atoms with Crippen molar-refractivity contribution in [2.24, 2.45) is 0 Å². The average Bonchev–Trinajstić information content (AvgIpc) is 2.73. The minimum atomic E-state index is 0.536. The second-order valence-corrected chi connectivity index (χ2v) is 3.78. The van der Waals surface area contributed by atoms with E-state index in [2.05, 4.69) is 35.7 Å². The fourth-order valence-electron chi connectivity index (χ4n) is 1.23. The Balaban J connectivity index is 2.30. The van der Waals surface area contributed by atoms with Crippen LogP contribution in [0.3, 0.4) is 0 Å². The van der Waals surface area contributed by atoms with Crippen molar-refractivity contribution in [2.45, 2.75) is 20.4 Å². The summed E-state index contributed by atoms with van der Waals surface area (Å²) in [6.45, 7) is 4.47. The lowest BCUT2D eigenvalue weighted by atomic mass is 10.4. The molecule has 0 fully saturated rings. The van der Waals surface area contributed by atoms with Gasteiger partial charge in [-0.05, 0) is 29.8 Å². The van der Waals surface area contributed by atoms with Gasteiger partial charge in [0.1, 0.15) is 6.54 Å². The summed E-state index contributed by atoms with van der Waals surface area (Å²) < 4.78 is 7.52. The molecule has 0 aliphatic heterocycles. The molecule has 0 aromatic carbocycles. The second-order valence-electron chi connectivity index (χ2n) is 2.99. The van der Waals surface area contributed by atoms with E-state index in [1.807, 2.05) is 18.5 Å². The van der Waals surface area contributed by atoms with Gasteiger partial charge in [0.15, 0.2) is 5.82 Å². The molecule has 0 aliphatic rings. The first-order valence-corrected chi connectivity index (χ1v) is 4.92. The van der Waals surface area contributed by atoms with Crippen LogP contribution in [0.1, 0.15) is 17.2 Å². The van der Waals surface area contributed by atoms with Gasteiger partial charge in [-0.15, -0.1) is 0 Å². The highest BCUT2D eigenvalue weighted by atomic mass is 79.9. The molecule has 2 aromatic rings. The summed E-state index contributed by atoms with van der Waals surface area (Å²) in [7, 11) is 0. The van der Waals surface area contributed by atoms with Crippen LogP contribution < -0.4 is 0 Å². The van der Waals surface area contributed by atoms with Crippen LogP contribution in [-0.4, -0.2) is 19.9 Å². The Hall–Kier alpha value is -1.17. The Bertz CT molecular complexity index is 434. The summed E-state index contributed by atoms with van der Waals surface area (Å²) in [5, 5.41) is 8.06. The van der Waals surface area contributed by atoms with Crippen molar-refractivity contribution in [3.8, 4) is 0 Å². The van der Waals surface area contributed by atoms with Gasteiger partial charge < -0.3 is 4.52 Å². The fourth-order valence-corrected chi connectivity index (χ4v) is 1.51. The molecule has 0 radical (unpaired) electrons. The van der Waals surface area contributed by atoms with E-state index in [4.69, 9.17) is 0 Å². The molecule has 0 saturated carbocycles. The van der Waals surface area contributed by atoms with E-state index in [-0.39, 0.29) is 0 Å². The number of hydrogen-bond acceptors (Lipinski definition) is 4. The molecule has 0 aliphatic carbocycles. The molecule has 2 heterocycles. The molecule has 5 nitrogen and oxygen atoms in total. The van der Waals surface area contributed by atoms with Gasteiger partial charge in [-0.2, -0.15) is 10.1 Å². The Morgan fingerprint density at radius 3 is 2.79 bits per heavy atom. The van der Waals surface area contributed by atoms with Crippen LogP contribution in [0.15, 0.2) is 15.4 Å². The SMILES string of the molecule is Cc1nn(Cc2ncon2)c(C)c1Br. The van der Waals surface area contributed by atoms with Crippen molar-refractivity contribution in [2.75, 3.05) is 0 Å². The molecule has 2 aromatic heterocycles. The van der Waals surface area contributed by atoms with Crippen LogP contribution in [0.4, 0.5) is 0 Å². The highest BCUT2D eigenvalue weighted by Crippen LogP contribution is 2.19. The molecule has 2 rings (SSSR count). The van der Waals surface area contributed by atoms with Crippen LogP contribution >= 0.6 is 15.9 Å². The summed E-state index contributed by atoms with van der Waals surface area (Å²) in [6, 6.07) is 0. The maximum Gasteiger partial charge on any atom is 0.213 e. The van der Waals surface area contributed by atoms with Crippen molar-refractivity contribution in [3.63, 3.8) is 0 Å². The quantitative estimate of drug-likeness (QED) is 0.821. The van der Waals surface area contributed by atoms with Crippen molar-refractivity contribution >= 4 is 15.9 Å². The Labute approximate surface area is 89.2 Å². The van der Waals surface area contributed by atoms with Gasteiger partial charge in [0.2, 0.25) is 6.39 Å². The summed E-state index contributed by atoms with van der Waals surface area (Å²) in [4.78, 5) is 3.94. The molecular formula is C8H9BrN4O. The van der Waals surface area contributed by atoms with Crippen molar-refractivity contribution in [1.82, 2.24) is 19.9 Å². The molecule has 0 bridgehead atoms. The Morgan fingerprint density at radius 1 is 1.50 bits per heavy atom.